The molecule has 1 aromatic carbocycles. The first-order valence-electron chi connectivity index (χ1n) is 6.43. The summed E-state index contributed by atoms with van der Waals surface area (Å²) in [6, 6.07) is 6.30. The second-order valence-corrected chi connectivity index (χ2v) is 4.59. The molecule has 0 saturated heterocycles. The minimum Gasteiger partial charge on any atom is -0.357 e. The number of benzene rings is 1. The van der Waals surface area contributed by atoms with E-state index in [9.17, 15) is 4.39 Å². The van der Waals surface area contributed by atoms with Crippen molar-refractivity contribution in [1.29, 1.82) is 0 Å². The van der Waals surface area contributed by atoms with Crippen LogP contribution in [0.5, 0.6) is 0 Å². The Morgan fingerprint density at radius 2 is 1.95 bits per heavy atom. The van der Waals surface area contributed by atoms with Gasteiger partial charge in [-0.1, -0.05) is 11.6 Å². The van der Waals surface area contributed by atoms with E-state index < -0.39 is 5.82 Å². The van der Waals surface area contributed by atoms with Gasteiger partial charge in [0.2, 0.25) is 0 Å². The molecule has 6 heteroatoms. The van der Waals surface area contributed by atoms with E-state index in [0.717, 1.165) is 18.9 Å². The lowest BCUT2D eigenvalue weighted by Gasteiger charge is -2.19. The Balaban J connectivity index is 2.21. The molecule has 1 aromatic heterocycles. The second-order valence-electron chi connectivity index (χ2n) is 4.19. The van der Waals surface area contributed by atoms with Gasteiger partial charge in [-0.2, -0.15) is 0 Å². The molecule has 0 amide bonds. The quantitative estimate of drug-likeness (QED) is 0.909. The van der Waals surface area contributed by atoms with Crippen molar-refractivity contribution in [2.45, 2.75) is 13.8 Å². The summed E-state index contributed by atoms with van der Waals surface area (Å²) >= 11 is 5.75. The topological polar surface area (TPSA) is 41.0 Å². The van der Waals surface area contributed by atoms with E-state index in [4.69, 9.17) is 11.6 Å². The zero-order valence-corrected chi connectivity index (χ0v) is 12.2. The predicted octanol–water partition coefficient (Wildman–Crippen LogP) is 3.86. The van der Waals surface area contributed by atoms with Gasteiger partial charge in [-0.05, 0) is 32.0 Å². The van der Waals surface area contributed by atoms with Crippen LogP contribution in [0, 0.1) is 5.82 Å². The van der Waals surface area contributed by atoms with Gasteiger partial charge in [0.05, 0.1) is 5.02 Å². The number of nitrogens with one attached hydrogen (secondary N) is 1. The van der Waals surface area contributed by atoms with Crippen molar-refractivity contribution in [3.8, 4) is 0 Å². The van der Waals surface area contributed by atoms with Crippen LogP contribution < -0.4 is 10.2 Å². The fourth-order valence-electron chi connectivity index (χ4n) is 1.86. The molecule has 2 aromatic rings. The Hall–Kier alpha value is -1.88. The standard InChI is InChI=1S/C14H16ClFN4/c1-3-20(4-2)14-8-13(17-9-18-14)19-10-5-6-12(16)11(15)7-10/h5-9H,3-4H2,1-2H3,(H,17,18,19). The lowest BCUT2D eigenvalue weighted by molar-refractivity contribution is 0.628. The van der Waals surface area contributed by atoms with Gasteiger partial charge in [0.1, 0.15) is 23.8 Å². The summed E-state index contributed by atoms with van der Waals surface area (Å²) in [7, 11) is 0. The molecule has 20 heavy (non-hydrogen) atoms. The molecule has 2 rings (SSSR count). The first kappa shape index (κ1) is 14.5. The highest BCUT2D eigenvalue weighted by Crippen LogP contribution is 2.23. The highest BCUT2D eigenvalue weighted by molar-refractivity contribution is 6.31. The Kier molecular flexibility index (Phi) is 4.74. The van der Waals surface area contributed by atoms with Crippen molar-refractivity contribution < 1.29 is 4.39 Å². The average molecular weight is 295 g/mol. The van der Waals surface area contributed by atoms with E-state index in [1.54, 1.807) is 6.07 Å². The van der Waals surface area contributed by atoms with Gasteiger partial charge in [-0.3, -0.25) is 0 Å². The van der Waals surface area contributed by atoms with Crippen LogP contribution >= 0.6 is 11.6 Å². The Morgan fingerprint density at radius 1 is 1.20 bits per heavy atom. The first-order chi connectivity index (χ1) is 9.63. The molecule has 4 nitrogen and oxygen atoms in total. The molecular formula is C14H16ClFN4. The second kappa shape index (κ2) is 6.52. The molecule has 106 valence electrons. The maximum atomic E-state index is 13.1. The Morgan fingerprint density at radius 3 is 2.60 bits per heavy atom. The maximum absolute atomic E-state index is 13.1. The third-order valence-corrected chi connectivity index (χ3v) is 3.22. The van der Waals surface area contributed by atoms with Crippen molar-refractivity contribution in [3.63, 3.8) is 0 Å². The smallest absolute Gasteiger partial charge is 0.141 e. The lowest BCUT2D eigenvalue weighted by Crippen LogP contribution is -2.23. The van der Waals surface area contributed by atoms with Gasteiger partial charge >= 0.3 is 0 Å². The summed E-state index contributed by atoms with van der Waals surface area (Å²) in [6.07, 6.45) is 1.50. The number of anilines is 3. The average Bonchev–Trinajstić information content (AvgIpc) is 2.45. The summed E-state index contributed by atoms with van der Waals surface area (Å²) in [5.41, 5.74) is 0.681. The van der Waals surface area contributed by atoms with Gasteiger partial charge in [-0.25, -0.2) is 14.4 Å². The Bertz CT molecular complexity index is 587. The van der Waals surface area contributed by atoms with Crippen molar-refractivity contribution in [2.24, 2.45) is 0 Å². The largest absolute Gasteiger partial charge is 0.357 e. The van der Waals surface area contributed by atoms with Crippen LogP contribution in [-0.4, -0.2) is 23.1 Å². The molecule has 0 fully saturated rings. The van der Waals surface area contributed by atoms with Crippen LogP contribution in [0.1, 0.15) is 13.8 Å². The minimum atomic E-state index is -0.441. The number of aromatic nitrogens is 2. The molecular weight excluding hydrogens is 279 g/mol. The fourth-order valence-corrected chi connectivity index (χ4v) is 2.04. The monoisotopic (exact) mass is 294 g/mol. The van der Waals surface area contributed by atoms with Crippen molar-refractivity contribution in [1.82, 2.24) is 9.97 Å². The number of nitrogens with zero attached hydrogens (tertiary/aromatic N) is 3. The molecule has 0 aliphatic heterocycles. The third-order valence-electron chi connectivity index (χ3n) is 2.93. The van der Waals surface area contributed by atoms with Crippen LogP contribution in [0.3, 0.4) is 0 Å². The predicted molar refractivity (Wildman–Crippen MR) is 80.3 cm³/mol. The molecule has 0 atom stereocenters. The SMILES string of the molecule is CCN(CC)c1cc(Nc2ccc(F)c(Cl)c2)ncn1. The first-order valence-corrected chi connectivity index (χ1v) is 6.81. The van der Waals surface area contributed by atoms with E-state index >= 15 is 0 Å². The highest BCUT2D eigenvalue weighted by atomic mass is 35.5. The van der Waals surface area contributed by atoms with Gasteiger partial charge in [0, 0.05) is 24.8 Å². The van der Waals surface area contributed by atoms with Crippen LogP contribution in [0.25, 0.3) is 0 Å². The number of rotatable bonds is 5. The van der Waals surface area contributed by atoms with Gasteiger partial charge < -0.3 is 10.2 Å². The minimum absolute atomic E-state index is 0.0769. The van der Waals surface area contributed by atoms with Gasteiger partial charge in [0.15, 0.2) is 0 Å². The maximum Gasteiger partial charge on any atom is 0.141 e. The normalized spacial score (nSPS) is 10.4. The third kappa shape index (κ3) is 3.36. The Labute approximate surface area is 122 Å². The molecule has 0 spiro atoms. The molecule has 0 aliphatic carbocycles. The summed E-state index contributed by atoms with van der Waals surface area (Å²) in [6.45, 7) is 5.88. The summed E-state index contributed by atoms with van der Waals surface area (Å²) < 4.78 is 13.1. The van der Waals surface area contributed by atoms with E-state index in [1.165, 1.54) is 18.5 Å². The summed E-state index contributed by atoms with van der Waals surface area (Å²) in [4.78, 5) is 10.5. The van der Waals surface area contributed by atoms with Crippen molar-refractivity contribution in [2.75, 3.05) is 23.3 Å². The molecule has 1 heterocycles. The summed E-state index contributed by atoms with van der Waals surface area (Å²) in [5, 5.41) is 3.16. The van der Waals surface area contributed by atoms with Crippen LogP contribution in [-0.2, 0) is 0 Å². The van der Waals surface area contributed by atoms with E-state index in [-0.39, 0.29) is 5.02 Å². The summed E-state index contributed by atoms with van der Waals surface area (Å²) in [5.74, 6) is 1.05. The molecule has 0 saturated carbocycles. The zero-order chi connectivity index (χ0) is 14.5. The number of hydrogen-bond donors (Lipinski definition) is 1. The van der Waals surface area contributed by atoms with Crippen LogP contribution in [0.4, 0.5) is 21.7 Å². The van der Waals surface area contributed by atoms with Crippen LogP contribution in [0.2, 0.25) is 5.02 Å². The van der Waals surface area contributed by atoms with Crippen LogP contribution in [0.15, 0.2) is 30.6 Å². The number of halogens is 2. The van der Waals surface area contributed by atoms with Gasteiger partial charge in [0.25, 0.3) is 0 Å². The fraction of sp³-hybridized carbons (Fsp3) is 0.286. The van der Waals surface area contributed by atoms with E-state index in [1.807, 2.05) is 6.07 Å². The van der Waals surface area contributed by atoms with Crippen molar-refractivity contribution in [3.05, 3.63) is 41.4 Å². The molecule has 0 aliphatic rings. The molecule has 0 bridgehead atoms. The van der Waals surface area contributed by atoms with E-state index in [2.05, 4.69) is 34.0 Å². The lowest BCUT2D eigenvalue weighted by atomic mass is 10.3. The highest BCUT2D eigenvalue weighted by Gasteiger charge is 2.06. The molecule has 1 N–H and O–H groups in total. The molecule has 0 radical (unpaired) electrons. The van der Waals surface area contributed by atoms with Gasteiger partial charge in [-0.15, -0.1) is 0 Å². The van der Waals surface area contributed by atoms with Crippen molar-refractivity contribution >= 4 is 28.9 Å². The molecule has 0 unspecified atom stereocenters. The zero-order valence-electron chi connectivity index (χ0n) is 11.4. The van der Waals surface area contributed by atoms with E-state index in [0.29, 0.717) is 11.5 Å². The number of hydrogen-bond acceptors (Lipinski definition) is 4.